The molecule has 0 bridgehead atoms. The maximum absolute atomic E-state index is 13.1. The molecule has 2 aromatic heterocycles. The molecule has 2 aromatic rings. The molecule has 2 rings (SSSR count). The number of nitrogens with zero attached hydrogens (tertiary/aromatic N) is 4. The Morgan fingerprint density at radius 1 is 1.47 bits per heavy atom. The van der Waals surface area contributed by atoms with Crippen LogP contribution in [0, 0.1) is 9.52 Å². The number of hydrogen-bond donors (Lipinski definition) is 0. The first-order chi connectivity index (χ1) is 7.25. The van der Waals surface area contributed by atoms with Gasteiger partial charge in [0.05, 0.1) is 3.57 Å². The molecule has 0 spiro atoms. The molecule has 15 heavy (non-hydrogen) atoms. The van der Waals surface area contributed by atoms with Crippen molar-refractivity contribution in [2.24, 2.45) is 0 Å². The molecular weight excluding hydrogens is 310 g/mol. The maximum Gasteiger partial charge on any atom is 0.229 e. The van der Waals surface area contributed by atoms with E-state index in [4.69, 9.17) is 0 Å². The van der Waals surface area contributed by atoms with Gasteiger partial charge in [0, 0.05) is 31.6 Å². The Morgan fingerprint density at radius 2 is 2.33 bits per heavy atom. The summed E-state index contributed by atoms with van der Waals surface area (Å²) >= 11 is 1.86. The summed E-state index contributed by atoms with van der Waals surface area (Å²) in [7, 11) is 0. The minimum absolute atomic E-state index is 0.440. The standard InChI is InChI=1S/C9H8FIN4/c10-9-7(11)6-12-8(14-9)2-5-15-4-1-3-13-15/h1,3-4,6H,2,5H2. The average Bonchev–Trinajstić information content (AvgIpc) is 2.73. The lowest BCUT2D eigenvalue weighted by atomic mass is 10.4. The van der Waals surface area contributed by atoms with Crippen LogP contribution >= 0.6 is 22.6 Å². The quantitative estimate of drug-likeness (QED) is 0.639. The third kappa shape index (κ3) is 2.71. The monoisotopic (exact) mass is 318 g/mol. The van der Waals surface area contributed by atoms with Crippen LogP contribution in [-0.4, -0.2) is 19.7 Å². The van der Waals surface area contributed by atoms with Crippen molar-refractivity contribution in [1.29, 1.82) is 0 Å². The van der Waals surface area contributed by atoms with E-state index in [1.807, 2.05) is 34.9 Å². The molecule has 0 aliphatic heterocycles. The zero-order chi connectivity index (χ0) is 10.7. The van der Waals surface area contributed by atoms with Crippen LogP contribution < -0.4 is 0 Å². The molecule has 0 aliphatic carbocycles. The van der Waals surface area contributed by atoms with Crippen molar-refractivity contribution in [2.45, 2.75) is 13.0 Å². The molecule has 0 aromatic carbocycles. The van der Waals surface area contributed by atoms with Crippen molar-refractivity contribution < 1.29 is 4.39 Å². The first-order valence-corrected chi connectivity index (χ1v) is 5.48. The van der Waals surface area contributed by atoms with Gasteiger partial charge < -0.3 is 0 Å². The SMILES string of the molecule is Fc1nc(CCn2cccn2)ncc1I. The van der Waals surface area contributed by atoms with E-state index in [1.165, 1.54) is 6.20 Å². The van der Waals surface area contributed by atoms with Crippen LogP contribution in [0.4, 0.5) is 4.39 Å². The summed E-state index contributed by atoms with van der Waals surface area (Å²) in [6.45, 7) is 0.660. The van der Waals surface area contributed by atoms with E-state index >= 15 is 0 Å². The molecule has 0 fully saturated rings. The van der Waals surface area contributed by atoms with Crippen molar-refractivity contribution in [1.82, 2.24) is 19.7 Å². The van der Waals surface area contributed by atoms with Gasteiger partial charge in [0.1, 0.15) is 5.82 Å². The molecule has 0 atom stereocenters. The molecule has 0 unspecified atom stereocenters. The molecule has 6 heteroatoms. The minimum Gasteiger partial charge on any atom is -0.272 e. The average molecular weight is 318 g/mol. The first kappa shape index (κ1) is 10.5. The number of aryl methyl sites for hydroxylation is 2. The second kappa shape index (κ2) is 4.65. The summed E-state index contributed by atoms with van der Waals surface area (Å²) < 4.78 is 15.3. The highest BCUT2D eigenvalue weighted by Crippen LogP contribution is 2.06. The predicted octanol–water partition coefficient (Wildman–Crippen LogP) is 1.66. The summed E-state index contributed by atoms with van der Waals surface area (Å²) in [4.78, 5) is 7.78. The van der Waals surface area contributed by atoms with Gasteiger partial charge in [-0.15, -0.1) is 0 Å². The molecule has 0 aliphatic rings. The smallest absolute Gasteiger partial charge is 0.229 e. The third-order valence-electron chi connectivity index (χ3n) is 1.87. The fraction of sp³-hybridized carbons (Fsp3) is 0.222. The highest BCUT2D eigenvalue weighted by Gasteiger charge is 2.03. The van der Waals surface area contributed by atoms with E-state index in [0.717, 1.165) is 0 Å². The van der Waals surface area contributed by atoms with Gasteiger partial charge >= 0.3 is 0 Å². The third-order valence-corrected chi connectivity index (χ3v) is 2.60. The van der Waals surface area contributed by atoms with Crippen LogP contribution in [0.15, 0.2) is 24.7 Å². The molecule has 78 valence electrons. The van der Waals surface area contributed by atoms with Crippen LogP contribution in [0.5, 0.6) is 0 Å². The minimum atomic E-state index is -0.457. The Kier molecular flexibility index (Phi) is 3.24. The Labute approximate surface area is 99.7 Å². The number of aromatic nitrogens is 4. The van der Waals surface area contributed by atoms with Gasteiger partial charge in [-0.05, 0) is 28.7 Å². The van der Waals surface area contributed by atoms with E-state index in [-0.39, 0.29) is 0 Å². The maximum atomic E-state index is 13.1. The largest absolute Gasteiger partial charge is 0.272 e. The second-order valence-electron chi connectivity index (χ2n) is 2.94. The van der Waals surface area contributed by atoms with Gasteiger partial charge in [-0.25, -0.2) is 9.97 Å². The van der Waals surface area contributed by atoms with Gasteiger partial charge in [0.2, 0.25) is 5.95 Å². The topological polar surface area (TPSA) is 43.6 Å². The summed E-state index contributed by atoms with van der Waals surface area (Å²) in [5.41, 5.74) is 0. The molecule has 0 N–H and O–H groups in total. The number of rotatable bonds is 3. The van der Waals surface area contributed by atoms with Crippen molar-refractivity contribution in [3.63, 3.8) is 0 Å². The van der Waals surface area contributed by atoms with Crippen LogP contribution in [0.25, 0.3) is 0 Å². The molecule has 0 radical (unpaired) electrons. The van der Waals surface area contributed by atoms with Gasteiger partial charge in [-0.3, -0.25) is 4.68 Å². The normalized spacial score (nSPS) is 10.5. The fourth-order valence-corrected chi connectivity index (χ4v) is 1.41. The Morgan fingerprint density at radius 3 is 3.00 bits per heavy atom. The van der Waals surface area contributed by atoms with Gasteiger partial charge in [-0.2, -0.15) is 9.49 Å². The number of hydrogen-bond acceptors (Lipinski definition) is 3. The lowest BCUT2D eigenvalue weighted by Gasteiger charge is -2.01. The Hall–Kier alpha value is -1.05. The fourth-order valence-electron chi connectivity index (χ4n) is 1.15. The molecule has 4 nitrogen and oxygen atoms in total. The Balaban J connectivity index is 2.02. The lowest BCUT2D eigenvalue weighted by molar-refractivity contribution is 0.545. The van der Waals surface area contributed by atoms with Crippen molar-refractivity contribution >= 4 is 22.6 Å². The first-order valence-electron chi connectivity index (χ1n) is 4.40. The lowest BCUT2D eigenvalue weighted by Crippen LogP contribution is -2.06. The summed E-state index contributed by atoms with van der Waals surface area (Å²) in [6, 6.07) is 1.84. The zero-order valence-electron chi connectivity index (χ0n) is 7.77. The van der Waals surface area contributed by atoms with Crippen LogP contribution in [0.1, 0.15) is 5.82 Å². The highest BCUT2D eigenvalue weighted by molar-refractivity contribution is 14.1. The second-order valence-corrected chi connectivity index (χ2v) is 4.11. The van der Waals surface area contributed by atoms with Crippen molar-refractivity contribution in [2.75, 3.05) is 0 Å². The molecule has 0 saturated heterocycles. The van der Waals surface area contributed by atoms with E-state index in [1.54, 1.807) is 10.9 Å². The summed E-state index contributed by atoms with van der Waals surface area (Å²) in [5.74, 6) is 0.0458. The van der Waals surface area contributed by atoms with Gasteiger partial charge in [-0.1, -0.05) is 0 Å². The van der Waals surface area contributed by atoms with E-state index in [2.05, 4.69) is 15.1 Å². The molecule has 0 saturated carbocycles. The number of halogens is 2. The van der Waals surface area contributed by atoms with E-state index in [9.17, 15) is 4.39 Å². The Bertz CT molecular complexity index is 443. The summed E-state index contributed by atoms with van der Waals surface area (Å²) in [5, 5.41) is 4.04. The zero-order valence-corrected chi connectivity index (χ0v) is 9.93. The van der Waals surface area contributed by atoms with Crippen molar-refractivity contribution in [3.8, 4) is 0 Å². The van der Waals surface area contributed by atoms with E-state index < -0.39 is 5.95 Å². The van der Waals surface area contributed by atoms with Gasteiger partial charge in [0.25, 0.3) is 0 Å². The molecular formula is C9H8FIN4. The van der Waals surface area contributed by atoms with Crippen LogP contribution in [0.2, 0.25) is 0 Å². The van der Waals surface area contributed by atoms with Gasteiger partial charge in [0.15, 0.2) is 0 Å². The van der Waals surface area contributed by atoms with Crippen molar-refractivity contribution in [3.05, 3.63) is 40.0 Å². The van der Waals surface area contributed by atoms with Crippen LogP contribution in [0.3, 0.4) is 0 Å². The predicted molar refractivity (Wildman–Crippen MR) is 60.6 cm³/mol. The summed E-state index contributed by atoms with van der Waals surface area (Å²) in [6.07, 6.45) is 5.62. The molecule has 0 amide bonds. The van der Waals surface area contributed by atoms with E-state index in [0.29, 0.717) is 22.4 Å². The highest BCUT2D eigenvalue weighted by atomic mass is 127. The van der Waals surface area contributed by atoms with Crippen LogP contribution in [-0.2, 0) is 13.0 Å². The molecule has 2 heterocycles.